The zero-order chi connectivity index (χ0) is 31.4. The van der Waals surface area contributed by atoms with Crippen LogP contribution in [0.15, 0.2) is 48.7 Å². The molecule has 1 fully saturated rings. The highest BCUT2D eigenvalue weighted by atomic mass is 32.2. The molecule has 4 rings (SSSR count). The Hall–Kier alpha value is -2.88. The number of β-amino-alcohol motifs (C(OH)–C–C–N with tert-alkyl or cyclic N) is 1. The quantitative estimate of drug-likeness (QED) is 0.234. The van der Waals surface area contributed by atoms with E-state index in [-0.39, 0.29) is 17.2 Å². The van der Waals surface area contributed by atoms with Crippen LogP contribution < -0.4 is 14.9 Å². The third kappa shape index (κ3) is 8.19. The third-order valence-electron chi connectivity index (χ3n) is 8.60. The standard InChI is InChI=1S/C34H50N4O4S/c1-7-26-23-37(6)32-28(26)20-27(21-30(32)38-17-12-18-43(38,41)42)33(40)36-29(19-25-14-9-8-10-15-25)31(39)22-35-34(4,5)16-11-13-24(2)3/h8-10,14-15,20-21,23-24,29,31,35,39H,7,11-13,16-19,22H2,1-6H3,(H,36,40)/t29-,31+/m0/s1. The van der Waals surface area contributed by atoms with Gasteiger partial charge in [0.1, 0.15) is 0 Å². The largest absolute Gasteiger partial charge is 0.390 e. The van der Waals surface area contributed by atoms with Gasteiger partial charge in [-0.05, 0) is 68.7 Å². The fourth-order valence-electron chi connectivity index (χ4n) is 6.08. The Labute approximate surface area is 257 Å². The molecule has 2 heterocycles. The molecule has 1 aliphatic heterocycles. The first-order valence-corrected chi connectivity index (χ1v) is 17.3. The summed E-state index contributed by atoms with van der Waals surface area (Å²) in [5, 5.41) is 19.0. The highest BCUT2D eigenvalue weighted by molar-refractivity contribution is 7.93. The minimum Gasteiger partial charge on any atom is -0.390 e. The summed E-state index contributed by atoms with van der Waals surface area (Å²) in [6, 6.07) is 12.8. The van der Waals surface area contributed by atoms with E-state index >= 15 is 0 Å². The van der Waals surface area contributed by atoms with E-state index in [9.17, 15) is 18.3 Å². The molecule has 3 N–H and O–H groups in total. The number of nitrogens with zero attached hydrogens (tertiary/aromatic N) is 2. The zero-order valence-electron chi connectivity index (χ0n) is 26.7. The van der Waals surface area contributed by atoms with Gasteiger partial charge in [0.05, 0.1) is 29.1 Å². The van der Waals surface area contributed by atoms with Crippen molar-refractivity contribution in [3.63, 3.8) is 0 Å². The second kappa shape index (κ2) is 13.8. The van der Waals surface area contributed by atoms with Crippen LogP contribution in [0.5, 0.6) is 0 Å². The van der Waals surface area contributed by atoms with Gasteiger partial charge >= 0.3 is 0 Å². The van der Waals surface area contributed by atoms with Gasteiger partial charge in [-0.3, -0.25) is 9.10 Å². The van der Waals surface area contributed by atoms with Crippen LogP contribution in [0, 0.1) is 5.92 Å². The van der Waals surface area contributed by atoms with Gasteiger partial charge in [0, 0.05) is 42.8 Å². The number of aryl methyl sites for hydroxylation is 2. The molecule has 0 unspecified atom stereocenters. The molecule has 43 heavy (non-hydrogen) atoms. The molecule has 1 aromatic heterocycles. The van der Waals surface area contributed by atoms with Crippen molar-refractivity contribution < 1.29 is 18.3 Å². The first-order chi connectivity index (χ1) is 20.3. The van der Waals surface area contributed by atoms with Crippen LogP contribution in [-0.2, 0) is 29.9 Å². The van der Waals surface area contributed by atoms with Gasteiger partial charge in [-0.25, -0.2) is 8.42 Å². The Morgan fingerprint density at radius 2 is 1.86 bits per heavy atom. The lowest BCUT2D eigenvalue weighted by Gasteiger charge is -2.31. The van der Waals surface area contributed by atoms with Gasteiger partial charge in [0.25, 0.3) is 5.91 Å². The molecule has 0 radical (unpaired) electrons. The number of amides is 1. The number of carbonyl (C=O) groups is 1. The second-order valence-electron chi connectivity index (χ2n) is 13.1. The molecule has 2 atom stereocenters. The Morgan fingerprint density at radius 3 is 2.49 bits per heavy atom. The number of aliphatic hydroxyl groups excluding tert-OH is 1. The van der Waals surface area contributed by atoms with Gasteiger partial charge < -0.3 is 20.3 Å². The maximum Gasteiger partial charge on any atom is 0.251 e. The summed E-state index contributed by atoms with van der Waals surface area (Å²) in [6.07, 6.45) is 6.20. The highest BCUT2D eigenvalue weighted by Gasteiger charge is 2.32. The number of nitrogens with one attached hydrogen (secondary N) is 2. The first-order valence-electron chi connectivity index (χ1n) is 15.7. The number of aromatic nitrogens is 1. The van der Waals surface area contributed by atoms with Gasteiger partial charge in [-0.15, -0.1) is 0 Å². The Bertz CT molecular complexity index is 1500. The number of hydrogen-bond donors (Lipinski definition) is 3. The lowest BCUT2D eigenvalue weighted by molar-refractivity contribution is 0.0812. The molecular weight excluding hydrogens is 560 g/mol. The van der Waals surface area contributed by atoms with Crippen LogP contribution in [0.1, 0.15) is 81.8 Å². The molecule has 3 aromatic rings. The zero-order valence-corrected chi connectivity index (χ0v) is 27.5. The molecule has 9 heteroatoms. The highest BCUT2D eigenvalue weighted by Crippen LogP contribution is 2.35. The molecule has 8 nitrogen and oxygen atoms in total. The van der Waals surface area contributed by atoms with Crippen LogP contribution in [0.3, 0.4) is 0 Å². The van der Waals surface area contributed by atoms with E-state index in [1.165, 1.54) is 4.31 Å². The Balaban J connectivity index is 1.62. The van der Waals surface area contributed by atoms with E-state index in [1.54, 1.807) is 6.07 Å². The van der Waals surface area contributed by atoms with Crippen LogP contribution in [0.25, 0.3) is 10.9 Å². The van der Waals surface area contributed by atoms with Gasteiger partial charge in [-0.1, -0.05) is 63.9 Å². The lowest BCUT2D eigenvalue weighted by Crippen LogP contribution is -2.52. The maximum atomic E-state index is 13.9. The molecule has 1 saturated heterocycles. The molecule has 1 aliphatic rings. The van der Waals surface area contributed by atoms with Gasteiger partial charge in [-0.2, -0.15) is 0 Å². The molecule has 236 valence electrons. The fraction of sp³-hybridized carbons (Fsp3) is 0.559. The van der Waals surface area contributed by atoms with E-state index in [1.807, 2.05) is 54.2 Å². The summed E-state index contributed by atoms with van der Waals surface area (Å²) in [6.45, 7) is 11.5. The summed E-state index contributed by atoms with van der Waals surface area (Å²) in [7, 11) is -1.54. The van der Waals surface area contributed by atoms with Crippen LogP contribution in [-0.4, -0.2) is 60.5 Å². The number of benzene rings is 2. The summed E-state index contributed by atoms with van der Waals surface area (Å²) >= 11 is 0. The average Bonchev–Trinajstić information content (AvgIpc) is 3.48. The Morgan fingerprint density at radius 1 is 1.14 bits per heavy atom. The molecule has 1 amide bonds. The number of rotatable bonds is 14. The SMILES string of the molecule is CCc1cn(C)c2c(N3CCCS3(=O)=O)cc(C(=O)N[C@@H](Cc3ccccc3)[C@H](O)CNC(C)(C)CCCC(C)C)cc12. The van der Waals surface area contributed by atoms with E-state index in [0.717, 1.165) is 47.7 Å². The first kappa shape index (κ1) is 33.0. The predicted molar refractivity (Wildman–Crippen MR) is 176 cm³/mol. The van der Waals surface area contributed by atoms with Crippen LogP contribution in [0.4, 0.5) is 5.69 Å². The number of carbonyl (C=O) groups excluding carboxylic acids is 1. The van der Waals surface area contributed by atoms with Crippen molar-refractivity contribution >= 4 is 32.5 Å². The van der Waals surface area contributed by atoms with E-state index in [2.05, 4.69) is 45.3 Å². The summed E-state index contributed by atoms with van der Waals surface area (Å²) in [5.74, 6) is 0.422. The predicted octanol–water partition coefficient (Wildman–Crippen LogP) is 5.18. The number of hydrogen-bond acceptors (Lipinski definition) is 5. The normalized spacial score (nSPS) is 16.6. The lowest BCUT2D eigenvalue weighted by atomic mass is 9.93. The molecule has 2 aromatic carbocycles. The number of aliphatic hydroxyl groups is 1. The summed E-state index contributed by atoms with van der Waals surface area (Å²) < 4.78 is 29.4. The van der Waals surface area contributed by atoms with E-state index < -0.39 is 22.2 Å². The van der Waals surface area contributed by atoms with Crippen molar-refractivity contribution in [1.82, 2.24) is 15.2 Å². The third-order valence-corrected chi connectivity index (χ3v) is 10.5. The minimum atomic E-state index is -3.46. The van der Waals surface area contributed by atoms with Crippen molar-refractivity contribution in [2.24, 2.45) is 13.0 Å². The van der Waals surface area contributed by atoms with Crippen molar-refractivity contribution in [3.05, 3.63) is 65.4 Å². The van der Waals surface area contributed by atoms with Gasteiger partial charge in [0.2, 0.25) is 10.0 Å². The average molecular weight is 611 g/mol. The number of fused-ring (bicyclic) bond motifs is 1. The molecule has 0 aliphatic carbocycles. The summed E-state index contributed by atoms with van der Waals surface area (Å²) in [5.41, 5.74) is 3.64. The Kier molecular flexibility index (Phi) is 10.6. The molecule has 0 bridgehead atoms. The van der Waals surface area contributed by atoms with Crippen molar-refractivity contribution in [1.29, 1.82) is 0 Å². The maximum absolute atomic E-state index is 13.9. The van der Waals surface area contributed by atoms with E-state index in [0.29, 0.717) is 43.1 Å². The number of sulfonamides is 1. The van der Waals surface area contributed by atoms with Crippen molar-refractivity contribution in [2.45, 2.75) is 90.8 Å². The monoisotopic (exact) mass is 610 g/mol. The second-order valence-corrected chi connectivity index (χ2v) is 15.2. The number of anilines is 1. The molecule has 0 saturated carbocycles. The van der Waals surface area contributed by atoms with E-state index in [4.69, 9.17) is 0 Å². The molecular formula is C34H50N4O4S. The van der Waals surface area contributed by atoms with Gasteiger partial charge in [0.15, 0.2) is 0 Å². The van der Waals surface area contributed by atoms with Crippen LogP contribution >= 0.6 is 0 Å². The summed E-state index contributed by atoms with van der Waals surface area (Å²) in [4.78, 5) is 13.9. The van der Waals surface area contributed by atoms with Crippen LogP contribution in [0.2, 0.25) is 0 Å². The fourth-order valence-corrected chi connectivity index (χ4v) is 7.64. The van der Waals surface area contributed by atoms with Crippen molar-refractivity contribution in [2.75, 3.05) is 23.1 Å². The minimum absolute atomic E-state index is 0.0993. The topological polar surface area (TPSA) is 104 Å². The molecule has 0 spiro atoms. The smallest absolute Gasteiger partial charge is 0.251 e. The van der Waals surface area contributed by atoms with Crippen molar-refractivity contribution in [3.8, 4) is 0 Å².